The van der Waals surface area contributed by atoms with Gasteiger partial charge in [-0.3, -0.25) is 0 Å². The van der Waals surface area contributed by atoms with Crippen LogP contribution in [0.5, 0.6) is 5.75 Å². The van der Waals surface area contributed by atoms with E-state index >= 15 is 0 Å². The Balaban J connectivity index is 3.14. The number of hydrogen-bond donors (Lipinski definition) is 1. The van der Waals surface area contributed by atoms with E-state index in [0.717, 1.165) is 0 Å². The molecule has 0 bridgehead atoms. The summed E-state index contributed by atoms with van der Waals surface area (Å²) in [6.07, 6.45) is -3.35. The van der Waals surface area contributed by atoms with Gasteiger partial charge in [-0.25, -0.2) is 8.78 Å². The van der Waals surface area contributed by atoms with Gasteiger partial charge in [-0.05, 0) is 24.6 Å². The van der Waals surface area contributed by atoms with Crippen LogP contribution in [0.2, 0.25) is 0 Å². The molecule has 0 aliphatic heterocycles. The van der Waals surface area contributed by atoms with Crippen LogP contribution in [0.15, 0.2) is 18.2 Å². The minimum Gasteiger partial charge on any atom is -0.496 e. The Kier molecular flexibility index (Phi) is 3.41. The molecule has 0 aliphatic rings. The average Bonchev–Trinajstić information content (AvgIpc) is 2.16. The second-order valence-corrected chi connectivity index (χ2v) is 2.98. The molecule has 1 N–H and O–H groups in total. The first-order valence-corrected chi connectivity index (χ1v) is 4.20. The van der Waals surface area contributed by atoms with E-state index in [0.29, 0.717) is 5.56 Å². The number of aliphatic hydroxyl groups excluding tert-OH is 1. The fourth-order valence-electron chi connectivity index (χ4n) is 1.18. The number of ether oxygens (including phenoxy) is 1. The van der Waals surface area contributed by atoms with Crippen LogP contribution in [-0.2, 0) is 0 Å². The predicted molar refractivity (Wildman–Crippen MR) is 48.6 cm³/mol. The third-order valence-electron chi connectivity index (χ3n) is 1.97. The lowest BCUT2D eigenvalue weighted by Gasteiger charge is -2.11. The molecular formula is C10H12F2O2. The number of halogens is 2. The van der Waals surface area contributed by atoms with Gasteiger partial charge in [0, 0.05) is 0 Å². The van der Waals surface area contributed by atoms with Gasteiger partial charge >= 0.3 is 0 Å². The highest BCUT2D eigenvalue weighted by Crippen LogP contribution is 2.31. The van der Waals surface area contributed by atoms with Crippen LogP contribution in [-0.4, -0.2) is 12.2 Å². The van der Waals surface area contributed by atoms with E-state index in [-0.39, 0.29) is 11.3 Å². The van der Waals surface area contributed by atoms with E-state index in [4.69, 9.17) is 4.74 Å². The molecule has 0 amide bonds. The van der Waals surface area contributed by atoms with Crippen LogP contribution in [0.1, 0.15) is 30.6 Å². The fraction of sp³-hybridized carbons (Fsp3) is 0.400. The summed E-state index contributed by atoms with van der Waals surface area (Å²) in [5.74, 6) is 0.143. The van der Waals surface area contributed by atoms with Gasteiger partial charge in [0.05, 0.1) is 18.8 Å². The predicted octanol–water partition coefficient (Wildman–Crippen LogP) is 2.69. The lowest BCUT2D eigenvalue weighted by molar-refractivity contribution is 0.146. The maximum atomic E-state index is 12.5. The zero-order valence-corrected chi connectivity index (χ0v) is 8.00. The van der Waals surface area contributed by atoms with Gasteiger partial charge in [0.1, 0.15) is 5.75 Å². The number of hydrogen-bond acceptors (Lipinski definition) is 2. The molecule has 0 saturated carbocycles. The molecule has 0 spiro atoms. The monoisotopic (exact) mass is 202 g/mol. The van der Waals surface area contributed by atoms with Crippen LogP contribution < -0.4 is 4.74 Å². The molecule has 1 rings (SSSR count). The SMILES string of the molecule is COc1ccc(C(C)O)cc1C(F)F. The smallest absolute Gasteiger partial charge is 0.267 e. The van der Waals surface area contributed by atoms with Gasteiger partial charge in [-0.15, -0.1) is 0 Å². The average molecular weight is 202 g/mol. The highest BCUT2D eigenvalue weighted by Gasteiger charge is 2.15. The summed E-state index contributed by atoms with van der Waals surface area (Å²) in [6.45, 7) is 1.52. The maximum Gasteiger partial charge on any atom is 0.267 e. The summed E-state index contributed by atoms with van der Waals surface area (Å²) in [7, 11) is 1.34. The van der Waals surface area contributed by atoms with Crippen LogP contribution in [0, 0.1) is 0 Å². The molecule has 1 atom stereocenters. The van der Waals surface area contributed by atoms with Crippen molar-refractivity contribution < 1.29 is 18.6 Å². The quantitative estimate of drug-likeness (QED) is 0.816. The minimum atomic E-state index is -2.59. The highest BCUT2D eigenvalue weighted by atomic mass is 19.3. The Hall–Kier alpha value is -1.16. The second kappa shape index (κ2) is 4.37. The van der Waals surface area contributed by atoms with Crippen molar-refractivity contribution in [2.45, 2.75) is 19.5 Å². The normalized spacial score (nSPS) is 13.0. The van der Waals surface area contributed by atoms with Gasteiger partial charge in [-0.1, -0.05) is 6.07 Å². The molecule has 0 aromatic heterocycles. The zero-order valence-electron chi connectivity index (χ0n) is 8.00. The summed E-state index contributed by atoms with van der Waals surface area (Å²) < 4.78 is 29.8. The Morgan fingerprint density at radius 2 is 2.00 bits per heavy atom. The molecule has 1 aromatic rings. The van der Waals surface area contributed by atoms with Gasteiger partial charge in [-0.2, -0.15) is 0 Å². The van der Waals surface area contributed by atoms with Crippen LogP contribution in [0.3, 0.4) is 0 Å². The fourth-order valence-corrected chi connectivity index (χ4v) is 1.18. The number of alkyl halides is 2. The summed E-state index contributed by atoms with van der Waals surface area (Å²) >= 11 is 0. The number of methoxy groups -OCH3 is 1. The molecule has 0 saturated heterocycles. The van der Waals surface area contributed by atoms with Gasteiger partial charge < -0.3 is 9.84 Å². The lowest BCUT2D eigenvalue weighted by Crippen LogP contribution is -1.97. The third kappa shape index (κ3) is 2.20. The molecule has 1 unspecified atom stereocenters. The van der Waals surface area contributed by atoms with E-state index in [1.807, 2.05) is 0 Å². The largest absolute Gasteiger partial charge is 0.496 e. The van der Waals surface area contributed by atoms with E-state index in [2.05, 4.69) is 0 Å². The molecule has 0 radical (unpaired) electrons. The molecule has 14 heavy (non-hydrogen) atoms. The summed E-state index contributed by atoms with van der Waals surface area (Å²) in [4.78, 5) is 0. The minimum absolute atomic E-state index is 0.143. The second-order valence-electron chi connectivity index (χ2n) is 2.98. The van der Waals surface area contributed by atoms with Crippen molar-refractivity contribution in [1.29, 1.82) is 0 Å². The van der Waals surface area contributed by atoms with Crippen molar-refractivity contribution in [1.82, 2.24) is 0 Å². The molecule has 0 heterocycles. The Morgan fingerprint density at radius 3 is 2.43 bits per heavy atom. The topological polar surface area (TPSA) is 29.5 Å². The Labute approximate surface area is 81.1 Å². The van der Waals surface area contributed by atoms with Crippen molar-refractivity contribution in [2.75, 3.05) is 7.11 Å². The number of aliphatic hydroxyl groups is 1. The first-order valence-electron chi connectivity index (χ1n) is 4.20. The summed E-state index contributed by atoms with van der Waals surface area (Å²) in [5.41, 5.74) is 0.270. The molecule has 0 aliphatic carbocycles. The first kappa shape index (κ1) is 10.9. The Morgan fingerprint density at radius 1 is 1.36 bits per heavy atom. The molecule has 0 fully saturated rings. The van der Waals surface area contributed by atoms with Gasteiger partial charge in [0.2, 0.25) is 0 Å². The van der Waals surface area contributed by atoms with Crippen LogP contribution in [0.4, 0.5) is 8.78 Å². The summed E-state index contributed by atoms with van der Waals surface area (Å²) in [5, 5.41) is 9.21. The van der Waals surface area contributed by atoms with Crippen molar-refractivity contribution in [3.63, 3.8) is 0 Å². The van der Waals surface area contributed by atoms with E-state index in [9.17, 15) is 13.9 Å². The van der Waals surface area contributed by atoms with Crippen molar-refractivity contribution in [3.05, 3.63) is 29.3 Å². The molecule has 2 nitrogen and oxygen atoms in total. The van der Waals surface area contributed by atoms with E-state index in [1.165, 1.54) is 26.2 Å². The summed E-state index contributed by atoms with van der Waals surface area (Å²) in [6, 6.07) is 4.26. The van der Waals surface area contributed by atoms with Crippen LogP contribution in [0.25, 0.3) is 0 Å². The molecular weight excluding hydrogens is 190 g/mol. The first-order chi connectivity index (χ1) is 6.56. The van der Waals surface area contributed by atoms with E-state index in [1.54, 1.807) is 6.07 Å². The van der Waals surface area contributed by atoms with Gasteiger partial charge in [0.15, 0.2) is 0 Å². The Bertz CT molecular complexity index is 311. The zero-order chi connectivity index (χ0) is 10.7. The molecule has 4 heteroatoms. The highest BCUT2D eigenvalue weighted by molar-refractivity contribution is 5.38. The maximum absolute atomic E-state index is 12.5. The van der Waals surface area contributed by atoms with Crippen molar-refractivity contribution >= 4 is 0 Å². The van der Waals surface area contributed by atoms with Crippen LogP contribution >= 0.6 is 0 Å². The number of rotatable bonds is 3. The molecule has 78 valence electrons. The molecule has 1 aromatic carbocycles. The van der Waals surface area contributed by atoms with Gasteiger partial charge in [0.25, 0.3) is 6.43 Å². The van der Waals surface area contributed by atoms with Crippen molar-refractivity contribution in [2.24, 2.45) is 0 Å². The number of benzene rings is 1. The van der Waals surface area contributed by atoms with E-state index < -0.39 is 12.5 Å². The van der Waals surface area contributed by atoms with Crippen molar-refractivity contribution in [3.8, 4) is 5.75 Å². The third-order valence-corrected chi connectivity index (χ3v) is 1.97. The standard InChI is InChI=1S/C10H12F2O2/c1-6(13)7-3-4-9(14-2)8(5-7)10(11)12/h3-6,10,13H,1-2H3. The lowest BCUT2D eigenvalue weighted by atomic mass is 10.1.